The third-order valence-electron chi connectivity index (χ3n) is 18.7. The molecule has 10 rings (SSSR count). The van der Waals surface area contributed by atoms with E-state index < -0.39 is 0 Å². The summed E-state index contributed by atoms with van der Waals surface area (Å²) < 4.78 is 42.9. The van der Waals surface area contributed by atoms with Crippen molar-refractivity contribution in [2.75, 3.05) is 80.8 Å². The molecule has 6 aromatic carbocycles. The first-order chi connectivity index (χ1) is 40.7. The van der Waals surface area contributed by atoms with Crippen LogP contribution in [0.3, 0.4) is 0 Å². The molecule has 4 aliphatic rings. The topological polar surface area (TPSA) is 65.1 Å². The Kier molecular flexibility index (Phi) is 17.7. The minimum absolute atomic E-state index is 0.167. The molecule has 9 nitrogen and oxygen atoms in total. The van der Waals surface area contributed by atoms with Crippen LogP contribution in [0.1, 0.15) is 225 Å². The smallest absolute Gasteiger partial charge is 0.126 e. The second-order valence-electron chi connectivity index (χ2n) is 32.1. The molecule has 0 spiro atoms. The largest absolute Gasteiger partial charge is 0.496 e. The summed E-state index contributed by atoms with van der Waals surface area (Å²) in [5.41, 5.74) is 20.4. The lowest BCUT2D eigenvalue weighted by atomic mass is 9.79. The molecule has 0 aromatic heterocycles. The van der Waals surface area contributed by atoms with Gasteiger partial charge < -0.3 is 28.4 Å². The summed E-state index contributed by atoms with van der Waals surface area (Å²) in [5, 5.41) is 0. The van der Waals surface area contributed by atoms with Crippen molar-refractivity contribution in [2.45, 2.75) is 196 Å². The lowest BCUT2D eigenvalue weighted by molar-refractivity contribution is -0.0416. The van der Waals surface area contributed by atoms with Crippen molar-refractivity contribution in [1.29, 1.82) is 0 Å². The van der Waals surface area contributed by atoms with E-state index in [1.165, 1.54) is 33.4 Å². The molecular formula is C78H105N3O6. The summed E-state index contributed by atoms with van der Waals surface area (Å²) in [5.74, 6) is 5.56. The van der Waals surface area contributed by atoms with Crippen molar-refractivity contribution >= 4 is 0 Å². The van der Waals surface area contributed by atoms with Gasteiger partial charge in [-0.3, -0.25) is 14.7 Å². The first-order valence-corrected chi connectivity index (χ1v) is 32.3. The van der Waals surface area contributed by atoms with Crippen LogP contribution in [0.4, 0.5) is 0 Å². The van der Waals surface area contributed by atoms with E-state index in [2.05, 4.69) is 212 Å². The molecule has 0 N–H and O–H groups in total. The molecule has 1 fully saturated rings. The van der Waals surface area contributed by atoms with Crippen molar-refractivity contribution in [1.82, 2.24) is 14.7 Å². The van der Waals surface area contributed by atoms with Crippen LogP contribution in [0, 0.1) is 0 Å². The van der Waals surface area contributed by atoms with E-state index in [0.29, 0.717) is 58.3 Å². The third kappa shape index (κ3) is 14.1. The third-order valence-corrected chi connectivity index (χ3v) is 18.7. The zero-order valence-corrected chi connectivity index (χ0v) is 57.3. The maximum absolute atomic E-state index is 7.48. The van der Waals surface area contributed by atoms with Gasteiger partial charge in [-0.2, -0.15) is 0 Å². The minimum atomic E-state index is -0.172. The quantitative estimate of drug-likeness (QED) is 0.172. The summed E-state index contributed by atoms with van der Waals surface area (Å²) in [6, 6.07) is 29.1. The molecule has 0 saturated carbocycles. The highest BCUT2D eigenvalue weighted by molar-refractivity contribution is 5.61. The van der Waals surface area contributed by atoms with Gasteiger partial charge in [-0.05, 0) is 133 Å². The van der Waals surface area contributed by atoms with Crippen LogP contribution in [-0.4, -0.2) is 95.5 Å². The van der Waals surface area contributed by atoms with Gasteiger partial charge >= 0.3 is 0 Å². The number of benzene rings is 6. The average molecular weight is 1180 g/mol. The highest BCUT2D eigenvalue weighted by atomic mass is 16.5. The van der Waals surface area contributed by atoms with Crippen molar-refractivity contribution in [2.24, 2.45) is 0 Å². The molecule has 12 bridgehead atoms. The predicted octanol–water partition coefficient (Wildman–Crippen LogP) is 16.3. The van der Waals surface area contributed by atoms with Gasteiger partial charge in [0.25, 0.3) is 0 Å². The second-order valence-corrected chi connectivity index (χ2v) is 32.1. The monoisotopic (exact) mass is 1180 g/mol. The summed E-state index contributed by atoms with van der Waals surface area (Å²) in [7, 11) is 5.58. The zero-order chi connectivity index (χ0) is 62.9. The first kappa shape index (κ1) is 64.0. The Hall–Kier alpha value is -6.00. The van der Waals surface area contributed by atoms with Crippen LogP contribution >= 0.6 is 0 Å². The van der Waals surface area contributed by atoms with E-state index in [1.807, 2.05) is 21.3 Å². The van der Waals surface area contributed by atoms with Gasteiger partial charge in [-0.1, -0.05) is 197 Å². The molecule has 0 atom stereocenters. The van der Waals surface area contributed by atoms with Gasteiger partial charge in [-0.25, -0.2) is 0 Å². The number of hydrogen-bond acceptors (Lipinski definition) is 9. The predicted molar refractivity (Wildman–Crippen MR) is 359 cm³/mol. The summed E-state index contributed by atoms with van der Waals surface area (Å²) >= 11 is 0. The fourth-order valence-electron chi connectivity index (χ4n) is 13.5. The maximum Gasteiger partial charge on any atom is 0.126 e. The van der Waals surface area contributed by atoms with Crippen LogP contribution in [0.2, 0.25) is 0 Å². The van der Waals surface area contributed by atoms with Crippen LogP contribution < -0.4 is 28.4 Å². The van der Waals surface area contributed by atoms with E-state index in [1.54, 1.807) is 0 Å². The Morgan fingerprint density at radius 3 is 0.575 bits per heavy atom. The van der Waals surface area contributed by atoms with Crippen LogP contribution in [-0.2, 0) is 71.0 Å². The van der Waals surface area contributed by atoms with Crippen molar-refractivity contribution < 1.29 is 28.4 Å². The van der Waals surface area contributed by atoms with Crippen molar-refractivity contribution in [3.8, 4) is 34.5 Å². The van der Waals surface area contributed by atoms with E-state index in [9.17, 15) is 0 Å². The Morgan fingerprint density at radius 1 is 0.264 bits per heavy atom. The molecule has 468 valence electrons. The fourth-order valence-corrected chi connectivity index (χ4v) is 13.5. The fraction of sp³-hybridized carbons (Fsp3) is 0.538. The van der Waals surface area contributed by atoms with Gasteiger partial charge in [-0.15, -0.1) is 0 Å². The number of hydrogen-bond donors (Lipinski definition) is 0. The lowest BCUT2D eigenvalue weighted by Gasteiger charge is -2.42. The number of fused-ring (bicyclic) bond motifs is 12. The molecule has 4 heterocycles. The van der Waals surface area contributed by atoms with Gasteiger partial charge in [0.15, 0.2) is 0 Å². The van der Waals surface area contributed by atoms with Crippen molar-refractivity contribution in [3.63, 3.8) is 0 Å². The first-order valence-electron chi connectivity index (χ1n) is 32.3. The van der Waals surface area contributed by atoms with Gasteiger partial charge in [0.1, 0.15) is 54.3 Å². The Morgan fingerprint density at radius 2 is 0.425 bits per heavy atom. The van der Waals surface area contributed by atoms with Crippen LogP contribution in [0.5, 0.6) is 34.5 Å². The Bertz CT molecular complexity index is 3010. The average Bonchev–Trinajstić information content (AvgIpc) is 0.970. The standard InChI is InChI=1S/C78H105N3O6/c1-73(2,3)61-34-49-28-55-40-64(76(10,11)12)42-57-30-51-36-62(74(4,5)6)38-53(68(51)83-20)32-59-44-66(78(16,17)18)45-60-33-54-39-63(75(7,8)9)37-52(69(54)84-21)31-58-43-65(77(13,14)15)41-56(29-50(35-61)67(49)82-19)71(58)86-26-23-80-46-79(22-25-85-70(55)57)47-81(48-80)24-27-87-72(59)60/h34-45H,22-33,46-48H2,1-21H3. The van der Waals surface area contributed by atoms with Gasteiger partial charge in [0.2, 0.25) is 0 Å². The van der Waals surface area contributed by atoms with Gasteiger partial charge in [0, 0.05) is 58.2 Å². The van der Waals surface area contributed by atoms with E-state index >= 15 is 0 Å². The van der Waals surface area contributed by atoms with Crippen LogP contribution in [0.25, 0.3) is 0 Å². The summed E-state index contributed by atoms with van der Waals surface area (Å²) in [4.78, 5) is 7.66. The molecule has 6 aromatic rings. The van der Waals surface area contributed by atoms with Gasteiger partial charge in [0.05, 0.1) is 41.3 Å². The van der Waals surface area contributed by atoms with E-state index in [0.717, 1.165) is 141 Å². The molecule has 0 amide bonds. The molecule has 4 aliphatic heterocycles. The number of nitrogens with zero attached hydrogens (tertiary/aromatic N) is 3. The summed E-state index contributed by atoms with van der Waals surface area (Å²) in [6.07, 6.45) is 3.67. The molecule has 0 unspecified atom stereocenters. The number of ether oxygens (including phenoxy) is 6. The molecule has 87 heavy (non-hydrogen) atoms. The molecule has 9 heteroatoms. The molecule has 1 saturated heterocycles. The molecular weight excluding hydrogens is 1070 g/mol. The van der Waals surface area contributed by atoms with E-state index in [-0.39, 0.29) is 32.5 Å². The SMILES string of the molecule is COc1c2cc(C(C)(C)C)cc1Cc1cc(C(C)(C)C)cc3c1OCCN1CN4CCOc5c(cc(C(C)(C)C)cc5Cc5cc(C(C)(C)C)cc(c5OC)Cc5cc(C(C)(C)C)cc(c5OCCN(C4)C1)Cc1cc(C(C)(C)C)cc(c1OC)C3)C2. The van der Waals surface area contributed by atoms with Crippen LogP contribution in [0.15, 0.2) is 72.8 Å². The second kappa shape index (κ2) is 24.1. The lowest BCUT2D eigenvalue weighted by Crippen LogP contribution is -2.56. The summed E-state index contributed by atoms with van der Waals surface area (Å²) in [6.45, 7) is 48.1. The normalized spacial score (nSPS) is 18.8. The molecule has 0 aliphatic carbocycles. The highest BCUT2D eigenvalue weighted by Crippen LogP contribution is 2.46. The Balaban J connectivity index is 1.38. The van der Waals surface area contributed by atoms with E-state index in [4.69, 9.17) is 28.4 Å². The maximum atomic E-state index is 7.48. The number of methoxy groups -OCH3 is 3. The zero-order valence-electron chi connectivity index (χ0n) is 57.3. The van der Waals surface area contributed by atoms with Crippen molar-refractivity contribution in [3.05, 3.63) is 173 Å². The highest BCUT2D eigenvalue weighted by Gasteiger charge is 2.33. The molecule has 0 radical (unpaired) electrons. The number of rotatable bonds is 3. The Labute approximate surface area is 524 Å². The minimum Gasteiger partial charge on any atom is -0.496 e.